The summed E-state index contributed by atoms with van der Waals surface area (Å²) in [5.41, 5.74) is 1.17. The number of halogens is 1. The van der Waals surface area contributed by atoms with Gasteiger partial charge in [0.15, 0.2) is 5.75 Å². The largest absolute Gasteiger partial charge is 0.493 e. The molecule has 0 spiro atoms. The third kappa shape index (κ3) is 3.96. The Balaban J connectivity index is 2.00. The van der Waals surface area contributed by atoms with Crippen LogP contribution < -0.4 is 8.92 Å². The number of ether oxygens (including phenoxy) is 1. The van der Waals surface area contributed by atoms with Crippen molar-refractivity contribution in [3.8, 4) is 11.5 Å². The number of methoxy groups -OCH3 is 1. The lowest BCUT2D eigenvalue weighted by Crippen LogP contribution is -2.10. The standard InChI is InChI=1S/C18H14ClNO6S/c1-11-14(18(21)25-20-11)8-12-9-15(19)17(16(10-12)24-2)26-27(22,23)13-6-4-3-5-7-13/h3-10H,1-2H3/b14-8-. The van der Waals surface area contributed by atoms with Gasteiger partial charge in [0.1, 0.15) is 4.90 Å². The predicted octanol–water partition coefficient (Wildman–Crippen LogP) is 3.43. The van der Waals surface area contributed by atoms with Crippen LogP contribution in [0.15, 0.2) is 58.1 Å². The summed E-state index contributed by atoms with van der Waals surface area (Å²) < 4.78 is 35.3. The second kappa shape index (κ2) is 7.42. The first kappa shape index (κ1) is 18.9. The lowest BCUT2D eigenvalue weighted by Gasteiger charge is -2.13. The Bertz CT molecular complexity index is 1060. The van der Waals surface area contributed by atoms with Gasteiger partial charge in [-0.25, -0.2) is 4.79 Å². The molecule has 0 amide bonds. The number of carbonyl (C=O) groups excluding carboxylic acids is 1. The summed E-state index contributed by atoms with van der Waals surface area (Å²) >= 11 is 6.22. The van der Waals surface area contributed by atoms with Crippen LogP contribution in [0, 0.1) is 0 Å². The molecular formula is C18H14ClNO6S. The fourth-order valence-corrected chi connectivity index (χ4v) is 3.62. The monoisotopic (exact) mass is 407 g/mol. The van der Waals surface area contributed by atoms with Crippen molar-refractivity contribution in [3.05, 3.63) is 58.6 Å². The molecule has 0 aromatic heterocycles. The average Bonchev–Trinajstić information content (AvgIpc) is 2.96. The zero-order valence-corrected chi connectivity index (χ0v) is 15.9. The molecule has 2 aromatic rings. The maximum absolute atomic E-state index is 12.4. The summed E-state index contributed by atoms with van der Waals surface area (Å²) in [6.07, 6.45) is 1.51. The number of hydrogen-bond acceptors (Lipinski definition) is 7. The van der Waals surface area contributed by atoms with Gasteiger partial charge in [-0.2, -0.15) is 8.42 Å². The van der Waals surface area contributed by atoms with Crippen molar-refractivity contribution in [2.24, 2.45) is 5.16 Å². The third-order valence-corrected chi connectivity index (χ3v) is 5.18. The maximum Gasteiger partial charge on any atom is 0.367 e. The first-order valence-electron chi connectivity index (χ1n) is 7.67. The van der Waals surface area contributed by atoms with Crippen LogP contribution in [0.1, 0.15) is 12.5 Å². The van der Waals surface area contributed by atoms with E-state index in [0.717, 1.165) is 0 Å². The van der Waals surface area contributed by atoms with Gasteiger partial charge in [0.05, 0.1) is 23.4 Å². The Morgan fingerprint density at radius 3 is 2.48 bits per heavy atom. The van der Waals surface area contributed by atoms with E-state index in [4.69, 9.17) is 20.5 Å². The van der Waals surface area contributed by atoms with Crippen LogP contribution >= 0.6 is 11.6 Å². The summed E-state index contributed by atoms with van der Waals surface area (Å²) in [5, 5.41) is 3.59. The fourth-order valence-electron chi connectivity index (χ4n) is 2.33. The van der Waals surface area contributed by atoms with Crippen molar-refractivity contribution < 1.29 is 27.0 Å². The van der Waals surface area contributed by atoms with E-state index in [9.17, 15) is 13.2 Å². The molecule has 0 atom stereocenters. The molecule has 0 saturated carbocycles. The van der Waals surface area contributed by atoms with E-state index in [1.54, 1.807) is 25.1 Å². The average molecular weight is 408 g/mol. The summed E-state index contributed by atoms with van der Waals surface area (Å²) in [5.74, 6) is -0.644. The highest BCUT2D eigenvalue weighted by molar-refractivity contribution is 7.87. The van der Waals surface area contributed by atoms with E-state index in [-0.39, 0.29) is 27.0 Å². The van der Waals surface area contributed by atoms with Crippen molar-refractivity contribution >= 4 is 39.5 Å². The number of benzene rings is 2. The highest BCUT2D eigenvalue weighted by Crippen LogP contribution is 2.39. The minimum atomic E-state index is -4.09. The smallest absolute Gasteiger partial charge is 0.367 e. The molecule has 1 heterocycles. The van der Waals surface area contributed by atoms with Crippen LogP contribution in [0.3, 0.4) is 0 Å². The summed E-state index contributed by atoms with van der Waals surface area (Å²) in [6.45, 7) is 1.62. The number of nitrogens with zero attached hydrogens (tertiary/aromatic N) is 1. The van der Waals surface area contributed by atoms with Gasteiger partial charge in [0, 0.05) is 0 Å². The number of hydrogen-bond donors (Lipinski definition) is 0. The van der Waals surface area contributed by atoms with Gasteiger partial charge in [-0.1, -0.05) is 35.0 Å². The fraction of sp³-hybridized carbons (Fsp3) is 0.111. The van der Waals surface area contributed by atoms with Crippen LogP contribution in [0.5, 0.6) is 11.5 Å². The van der Waals surface area contributed by atoms with Gasteiger partial charge in [-0.15, -0.1) is 0 Å². The Morgan fingerprint density at radius 1 is 1.19 bits per heavy atom. The molecule has 0 unspecified atom stereocenters. The highest BCUT2D eigenvalue weighted by Gasteiger charge is 2.24. The first-order chi connectivity index (χ1) is 12.8. The van der Waals surface area contributed by atoms with Gasteiger partial charge in [-0.3, -0.25) is 0 Å². The van der Waals surface area contributed by atoms with Gasteiger partial charge in [-0.05, 0) is 42.8 Å². The van der Waals surface area contributed by atoms with Crippen LogP contribution in [-0.2, 0) is 19.8 Å². The van der Waals surface area contributed by atoms with Gasteiger partial charge in [0.25, 0.3) is 0 Å². The summed E-state index contributed by atoms with van der Waals surface area (Å²) in [4.78, 5) is 16.2. The molecule has 0 aliphatic carbocycles. The zero-order valence-electron chi connectivity index (χ0n) is 14.3. The molecule has 0 saturated heterocycles. The quantitative estimate of drug-likeness (QED) is 0.428. The molecule has 140 valence electrons. The van der Waals surface area contributed by atoms with Crippen molar-refractivity contribution in [1.29, 1.82) is 0 Å². The van der Waals surface area contributed by atoms with Crippen molar-refractivity contribution in [2.45, 2.75) is 11.8 Å². The van der Waals surface area contributed by atoms with Crippen molar-refractivity contribution in [2.75, 3.05) is 7.11 Å². The van der Waals surface area contributed by atoms with Gasteiger partial charge < -0.3 is 13.8 Å². The Labute approximate surface area is 160 Å². The van der Waals surface area contributed by atoms with Gasteiger partial charge >= 0.3 is 16.1 Å². The van der Waals surface area contributed by atoms with E-state index >= 15 is 0 Å². The van der Waals surface area contributed by atoms with Gasteiger partial charge in [0.2, 0.25) is 5.75 Å². The third-order valence-electron chi connectivity index (χ3n) is 3.66. The molecule has 0 fully saturated rings. The Morgan fingerprint density at radius 2 is 1.89 bits per heavy atom. The minimum Gasteiger partial charge on any atom is -0.493 e. The minimum absolute atomic E-state index is 0.00154. The van der Waals surface area contributed by atoms with E-state index in [0.29, 0.717) is 11.3 Å². The van der Waals surface area contributed by atoms with Crippen LogP contribution in [0.25, 0.3) is 6.08 Å². The first-order valence-corrected chi connectivity index (χ1v) is 9.45. The predicted molar refractivity (Wildman–Crippen MR) is 99.4 cm³/mol. The Hall–Kier alpha value is -2.84. The van der Waals surface area contributed by atoms with Crippen LogP contribution in [-0.4, -0.2) is 27.2 Å². The van der Waals surface area contributed by atoms with E-state index < -0.39 is 16.1 Å². The van der Waals surface area contributed by atoms with Crippen molar-refractivity contribution in [3.63, 3.8) is 0 Å². The van der Waals surface area contributed by atoms with E-state index in [1.807, 2.05) is 0 Å². The molecule has 0 bridgehead atoms. The highest BCUT2D eigenvalue weighted by atomic mass is 35.5. The number of rotatable bonds is 5. The normalized spacial score (nSPS) is 15.4. The SMILES string of the molecule is COc1cc(/C=C2\C(=O)ON=C2C)cc(Cl)c1OS(=O)(=O)c1ccccc1. The van der Waals surface area contributed by atoms with Crippen LogP contribution in [0.4, 0.5) is 0 Å². The molecule has 3 rings (SSSR count). The van der Waals surface area contributed by atoms with Crippen molar-refractivity contribution in [1.82, 2.24) is 0 Å². The molecule has 7 nitrogen and oxygen atoms in total. The molecule has 27 heavy (non-hydrogen) atoms. The summed E-state index contributed by atoms with van der Waals surface area (Å²) in [7, 11) is -2.75. The van der Waals surface area contributed by atoms with Crippen LogP contribution in [0.2, 0.25) is 5.02 Å². The second-order valence-electron chi connectivity index (χ2n) is 5.50. The van der Waals surface area contributed by atoms with E-state index in [2.05, 4.69) is 9.99 Å². The molecule has 2 aromatic carbocycles. The lowest BCUT2D eigenvalue weighted by atomic mass is 10.1. The molecule has 1 aliphatic rings. The molecule has 0 radical (unpaired) electrons. The maximum atomic E-state index is 12.4. The second-order valence-corrected chi connectivity index (χ2v) is 7.45. The molecule has 1 aliphatic heterocycles. The lowest BCUT2D eigenvalue weighted by molar-refractivity contribution is -0.136. The summed E-state index contributed by atoms with van der Waals surface area (Å²) in [6, 6.07) is 10.6. The molecular weight excluding hydrogens is 394 g/mol. The molecule has 0 N–H and O–H groups in total. The number of oxime groups is 1. The zero-order chi connectivity index (χ0) is 19.6. The molecule has 9 heteroatoms. The topological polar surface area (TPSA) is 91.3 Å². The Kier molecular flexibility index (Phi) is 5.20. The number of carbonyl (C=O) groups is 1. The van der Waals surface area contributed by atoms with E-state index in [1.165, 1.54) is 37.5 Å².